The van der Waals surface area contributed by atoms with Crippen molar-refractivity contribution in [2.45, 2.75) is 6.54 Å². The van der Waals surface area contributed by atoms with Crippen LogP contribution in [0.2, 0.25) is 5.02 Å². The average molecular weight is 359 g/mol. The quantitative estimate of drug-likeness (QED) is 0.843. The monoisotopic (exact) mass is 357 g/mol. The number of hydrogen-bond donors (Lipinski definition) is 2. The van der Waals surface area contributed by atoms with E-state index >= 15 is 0 Å². The maximum atomic E-state index is 13.5. The van der Waals surface area contributed by atoms with Crippen molar-refractivity contribution in [2.24, 2.45) is 0 Å². The Bertz CT molecular complexity index is 664. The molecule has 0 aliphatic carbocycles. The van der Waals surface area contributed by atoms with Crippen LogP contribution >= 0.6 is 27.5 Å². The zero-order chi connectivity index (χ0) is 14.7. The predicted molar refractivity (Wildman–Crippen MR) is 79.8 cm³/mol. The third-order valence-corrected chi connectivity index (χ3v) is 3.67. The number of halogens is 3. The van der Waals surface area contributed by atoms with Gasteiger partial charge >= 0.3 is 5.97 Å². The number of anilines is 1. The molecule has 0 aromatic heterocycles. The molecule has 0 saturated heterocycles. The molecule has 0 unspecified atom stereocenters. The van der Waals surface area contributed by atoms with Gasteiger partial charge in [-0.05, 0) is 35.9 Å². The summed E-state index contributed by atoms with van der Waals surface area (Å²) in [7, 11) is 0. The van der Waals surface area contributed by atoms with Crippen molar-refractivity contribution >= 4 is 39.2 Å². The minimum absolute atomic E-state index is 0.189. The number of carboxylic acids is 1. The van der Waals surface area contributed by atoms with Crippen LogP contribution in [-0.4, -0.2) is 11.1 Å². The summed E-state index contributed by atoms with van der Waals surface area (Å²) >= 11 is 9.10. The first-order valence-corrected chi connectivity index (χ1v) is 6.85. The molecule has 2 aromatic carbocycles. The fourth-order valence-electron chi connectivity index (χ4n) is 1.65. The summed E-state index contributed by atoms with van der Waals surface area (Å²) in [5.74, 6) is -1.39. The SMILES string of the molecule is O=C(O)c1ccc(CNc2cc(Cl)ccc2F)c(Br)c1. The van der Waals surface area contributed by atoms with Gasteiger partial charge in [0.2, 0.25) is 0 Å². The highest BCUT2D eigenvalue weighted by molar-refractivity contribution is 9.10. The summed E-state index contributed by atoms with van der Waals surface area (Å²) in [6, 6.07) is 8.93. The summed E-state index contributed by atoms with van der Waals surface area (Å²) in [5.41, 5.74) is 1.30. The van der Waals surface area contributed by atoms with Crippen LogP contribution in [-0.2, 0) is 6.54 Å². The highest BCUT2D eigenvalue weighted by Gasteiger charge is 2.08. The Hall–Kier alpha value is -1.59. The fraction of sp³-hybridized carbons (Fsp3) is 0.0714. The van der Waals surface area contributed by atoms with E-state index in [1.165, 1.54) is 30.3 Å². The Morgan fingerprint density at radius 3 is 2.70 bits per heavy atom. The third-order valence-electron chi connectivity index (χ3n) is 2.70. The lowest BCUT2D eigenvalue weighted by atomic mass is 10.1. The Balaban J connectivity index is 2.15. The van der Waals surface area contributed by atoms with Gasteiger partial charge in [-0.1, -0.05) is 33.6 Å². The van der Waals surface area contributed by atoms with Crippen LogP contribution in [0.5, 0.6) is 0 Å². The second-order valence-corrected chi connectivity index (χ2v) is 5.38. The molecule has 6 heteroatoms. The van der Waals surface area contributed by atoms with E-state index in [0.29, 0.717) is 21.7 Å². The number of aromatic carboxylic acids is 1. The molecule has 2 N–H and O–H groups in total. The van der Waals surface area contributed by atoms with E-state index in [0.717, 1.165) is 5.56 Å². The van der Waals surface area contributed by atoms with Crippen LogP contribution in [0.15, 0.2) is 40.9 Å². The fourth-order valence-corrected chi connectivity index (χ4v) is 2.34. The van der Waals surface area contributed by atoms with E-state index in [4.69, 9.17) is 16.7 Å². The number of benzene rings is 2. The van der Waals surface area contributed by atoms with Gasteiger partial charge in [-0.25, -0.2) is 9.18 Å². The van der Waals surface area contributed by atoms with Crippen molar-refractivity contribution < 1.29 is 14.3 Å². The van der Waals surface area contributed by atoms with Crippen molar-refractivity contribution in [3.63, 3.8) is 0 Å². The molecule has 0 heterocycles. The molecule has 0 aliphatic heterocycles. The Labute approximate surface area is 128 Å². The maximum absolute atomic E-state index is 13.5. The molecule has 3 nitrogen and oxygen atoms in total. The molecule has 2 aromatic rings. The zero-order valence-corrected chi connectivity index (χ0v) is 12.5. The molecule has 0 spiro atoms. The van der Waals surface area contributed by atoms with E-state index in [2.05, 4.69) is 21.2 Å². The van der Waals surface area contributed by atoms with Crippen LogP contribution in [0, 0.1) is 5.82 Å². The summed E-state index contributed by atoms with van der Waals surface area (Å²) in [4.78, 5) is 10.8. The predicted octanol–water partition coefficient (Wildman–Crippen LogP) is 4.55. The number of rotatable bonds is 4. The van der Waals surface area contributed by atoms with E-state index < -0.39 is 11.8 Å². The summed E-state index contributed by atoms with van der Waals surface area (Å²) in [6.45, 7) is 0.345. The lowest BCUT2D eigenvalue weighted by molar-refractivity contribution is 0.0697. The molecule has 0 amide bonds. The highest BCUT2D eigenvalue weighted by atomic mass is 79.9. The van der Waals surface area contributed by atoms with Crippen molar-refractivity contribution in [2.75, 3.05) is 5.32 Å². The van der Waals surface area contributed by atoms with Gasteiger partial charge in [0.1, 0.15) is 5.82 Å². The summed E-state index contributed by atoms with van der Waals surface area (Å²) < 4.78 is 14.2. The zero-order valence-electron chi connectivity index (χ0n) is 10.2. The van der Waals surface area contributed by atoms with Gasteiger partial charge in [0.05, 0.1) is 11.3 Å². The van der Waals surface area contributed by atoms with Gasteiger partial charge in [-0.15, -0.1) is 0 Å². The standard InChI is InChI=1S/C14H10BrClFNO2/c15-11-5-8(14(19)20)1-2-9(11)7-18-13-6-10(16)3-4-12(13)17/h1-6,18H,7H2,(H,19,20). The molecular formula is C14H10BrClFNO2. The van der Waals surface area contributed by atoms with Crippen molar-refractivity contribution in [3.05, 3.63) is 62.8 Å². The molecule has 104 valence electrons. The van der Waals surface area contributed by atoms with Crippen LogP contribution in [0.4, 0.5) is 10.1 Å². The minimum atomic E-state index is -0.994. The molecule has 0 saturated carbocycles. The van der Waals surface area contributed by atoms with E-state index in [9.17, 15) is 9.18 Å². The Kier molecular flexibility index (Phi) is 4.62. The van der Waals surface area contributed by atoms with Crippen LogP contribution < -0.4 is 5.32 Å². The molecule has 0 atom stereocenters. The molecule has 0 bridgehead atoms. The lowest BCUT2D eigenvalue weighted by Crippen LogP contribution is -2.03. The van der Waals surface area contributed by atoms with E-state index in [-0.39, 0.29) is 5.56 Å². The normalized spacial score (nSPS) is 10.3. The first kappa shape index (κ1) is 14.8. The maximum Gasteiger partial charge on any atom is 0.335 e. The molecule has 0 aliphatic rings. The van der Waals surface area contributed by atoms with E-state index in [1.807, 2.05) is 0 Å². The topological polar surface area (TPSA) is 49.3 Å². The second kappa shape index (κ2) is 6.24. The lowest BCUT2D eigenvalue weighted by Gasteiger charge is -2.10. The first-order valence-electron chi connectivity index (χ1n) is 5.68. The third kappa shape index (κ3) is 3.49. The summed E-state index contributed by atoms with van der Waals surface area (Å²) in [5, 5.41) is 12.2. The Morgan fingerprint density at radius 2 is 2.05 bits per heavy atom. The van der Waals surface area contributed by atoms with Crippen LogP contribution in [0.1, 0.15) is 15.9 Å². The van der Waals surface area contributed by atoms with Gasteiger partial charge < -0.3 is 10.4 Å². The van der Waals surface area contributed by atoms with Gasteiger partial charge in [0, 0.05) is 16.0 Å². The highest BCUT2D eigenvalue weighted by Crippen LogP contribution is 2.23. The largest absolute Gasteiger partial charge is 0.478 e. The molecule has 0 radical (unpaired) electrons. The van der Waals surface area contributed by atoms with Crippen molar-refractivity contribution in [3.8, 4) is 0 Å². The number of nitrogens with one attached hydrogen (secondary N) is 1. The average Bonchev–Trinajstić information content (AvgIpc) is 2.40. The number of carboxylic acid groups (broad SMARTS) is 1. The van der Waals surface area contributed by atoms with Crippen molar-refractivity contribution in [1.29, 1.82) is 0 Å². The molecular weight excluding hydrogens is 349 g/mol. The molecule has 2 rings (SSSR count). The smallest absolute Gasteiger partial charge is 0.335 e. The second-order valence-electron chi connectivity index (χ2n) is 4.09. The van der Waals surface area contributed by atoms with Gasteiger partial charge in [-0.3, -0.25) is 0 Å². The summed E-state index contributed by atoms with van der Waals surface area (Å²) in [6.07, 6.45) is 0. The minimum Gasteiger partial charge on any atom is -0.478 e. The van der Waals surface area contributed by atoms with Crippen LogP contribution in [0.3, 0.4) is 0 Å². The molecule has 20 heavy (non-hydrogen) atoms. The Morgan fingerprint density at radius 1 is 1.30 bits per heavy atom. The van der Waals surface area contributed by atoms with Crippen molar-refractivity contribution in [1.82, 2.24) is 0 Å². The number of carbonyl (C=O) groups is 1. The van der Waals surface area contributed by atoms with E-state index in [1.54, 1.807) is 6.07 Å². The van der Waals surface area contributed by atoms with Gasteiger partial charge in [-0.2, -0.15) is 0 Å². The van der Waals surface area contributed by atoms with Gasteiger partial charge in [0.15, 0.2) is 0 Å². The van der Waals surface area contributed by atoms with Gasteiger partial charge in [0.25, 0.3) is 0 Å². The first-order chi connectivity index (χ1) is 9.47. The number of hydrogen-bond acceptors (Lipinski definition) is 2. The van der Waals surface area contributed by atoms with Crippen LogP contribution in [0.25, 0.3) is 0 Å². The molecule has 0 fully saturated rings.